The Balaban J connectivity index is 1.74. The number of hydrogen-bond acceptors (Lipinski definition) is 4. The monoisotopic (exact) mass is 385 g/mol. The molecule has 0 saturated carbocycles. The molecular weight excluding hydrogens is 356 g/mol. The summed E-state index contributed by atoms with van der Waals surface area (Å²) in [5.74, 6) is 2.23. The molecule has 1 heterocycles. The van der Waals surface area contributed by atoms with Gasteiger partial charge >= 0.3 is 0 Å². The van der Waals surface area contributed by atoms with Crippen LogP contribution in [0.2, 0.25) is 0 Å². The number of quaternary nitrogens is 1. The molecule has 1 amide bonds. The molecule has 3 rings (SSSR count). The van der Waals surface area contributed by atoms with E-state index in [4.69, 9.17) is 14.2 Å². The molecule has 0 radical (unpaired) electrons. The van der Waals surface area contributed by atoms with Crippen molar-refractivity contribution in [3.05, 3.63) is 47.5 Å². The standard InChI is InChI=1S/C22H28N2O4/c1-15-7-10-20(27-3)18(12-15)23-22(25)14-24-11-5-6-19(24)17-9-8-16(26-2)13-21(17)28-4/h7-10,12-13,19H,5-6,11,14H2,1-4H3,(H,23,25)/p+1/t19-/m1/s1. The maximum atomic E-state index is 12.7. The van der Waals surface area contributed by atoms with Gasteiger partial charge < -0.3 is 24.4 Å². The van der Waals surface area contributed by atoms with Gasteiger partial charge in [0.2, 0.25) is 0 Å². The summed E-state index contributed by atoms with van der Waals surface area (Å²) >= 11 is 0. The Morgan fingerprint density at radius 3 is 2.57 bits per heavy atom. The highest BCUT2D eigenvalue weighted by Crippen LogP contribution is 2.31. The second-order valence-corrected chi connectivity index (χ2v) is 7.14. The average Bonchev–Trinajstić information content (AvgIpc) is 3.15. The molecule has 2 N–H and O–H groups in total. The molecular formula is C22H29N2O4+. The molecule has 0 aromatic heterocycles. The lowest BCUT2D eigenvalue weighted by atomic mass is 10.0. The van der Waals surface area contributed by atoms with Crippen molar-refractivity contribution in [2.24, 2.45) is 0 Å². The summed E-state index contributed by atoms with van der Waals surface area (Å²) in [6.07, 6.45) is 2.11. The molecule has 1 unspecified atom stereocenters. The Kier molecular flexibility index (Phi) is 6.41. The van der Waals surface area contributed by atoms with E-state index in [1.54, 1.807) is 21.3 Å². The third-order valence-electron chi connectivity index (χ3n) is 5.32. The third kappa shape index (κ3) is 4.39. The van der Waals surface area contributed by atoms with Gasteiger partial charge in [-0.25, -0.2) is 0 Å². The largest absolute Gasteiger partial charge is 0.497 e. The van der Waals surface area contributed by atoms with Crippen molar-refractivity contribution in [3.8, 4) is 17.2 Å². The number of likely N-dealkylation sites (tertiary alicyclic amines) is 1. The summed E-state index contributed by atoms with van der Waals surface area (Å²) in [4.78, 5) is 14.0. The second-order valence-electron chi connectivity index (χ2n) is 7.14. The Morgan fingerprint density at radius 1 is 1.07 bits per heavy atom. The topological polar surface area (TPSA) is 61.2 Å². The van der Waals surface area contributed by atoms with Crippen LogP contribution in [0.25, 0.3) is 0 Å². The Bertz CT molecular complexity index is 837. The van der Waals surface area contributed by atoms with Crippen LogP contribution in [0, 0.1) is 6.92 Å². The number of methoxy groups -OCH3 is 3. The van der Waals surface area contributed by atoms with E-state index in [2.05, 4.69) is 11.4 Å². The van der Waals surface area contributed by atoms with Gasteiger partial charge in [-0.15, -0.1) is 0 Å². The molecule has 6 nitrogen and oxygen atoms in total. The van der Waals surface area contributed by atoms with Crippen LogP contribution >= 0.6 is 0 Å². The Hall–Kier alpha value is -2.73. The first kappa shape index (κ1) is 20.0. The van der Waals surface area contributed by atoms with Gasteiger partial charge in [-0.05, 0) is 36.8 Å². The first-order valence-electron chi connectivity index (χ1n) is 9.56. The molecule has 2 aromatic rings. The number of ether oxygens (including phenoxy) is 3. The maximum absolute atomic E-state index is 12.7. The number of rotatable bonds is 7. The van der Waals surface area contributed by atoms with Crippen molar-refractivity contribution < 1.29 is 23.9 Å². The molecule has 6 heteroatoms. The predicted octanol–water partition coefficient (Wildman–Crippen LogP) is 2.38. The van der Waals surface area contributed by atoms with Crippen LogP contribution < -0.4 is 24.4 Å². The van der Waals surface area contributed by atoms with E-state index >= 15 is 0 Å². The number of benzene rings is 2. The number of anilines is 1. The minimum absolute atomic E-state index is 0.0155. The first-order chi connectivity index (χ1) is 13.5. The molecule has 1 aliphatic heterocycles. The minimum Gasteiger partial charge on any atom is -0.497 e. The van der Waals surface area contributed by atoms with Crippen LogP contribution in [-0.2, 0) is 4.79 Å². The van der Waals surface area contributed by atoms with Crippen LogP contribution in [0.3, 0.4) is 0 Å². The van der Waals surface area contributed by atoms with Gasteiger partial charge in [0.25, 0.3) is 5.91 Å². The number of aryl methyl sites for hydroxylation is 1. The van der Waals surface area contributed by atoms with Gasteiger partial charge in [0.1, 0.15) is 23.3 Å². The lowest BCUT2D eigenvalue weighted by molar-refractivity contribution is -0.910. The smallest absolute Gasteiger partial charge is 0.279 e. The molecule has 0 spiro atoms. The predicted molar refractivity (Wildman–Crippen MR) is 109 cm³/mol. The summed E-state index contributed by atoms with van der Waals surface area (Å²) in [7, 11) is 4.92. The highest BCUT2D eigenvalue weighted by molar-refractivity contribution is 5.93. The van der Waals surface area contributed by atoms with Crippen molar-refractivity contribution >= 4 is 11.6 Å². The summed E-state index contributed by atoms with van der Waals surface area (Å²) < 4.78 is 16.2. The van der Waals surface area contributed by atoms with Crippen LogP contribution in [-0.4, -0.2) is 40.3 Å². The SMILES string of the molecule is COc1ccc([C@H]2CCC[NH+]2CC(=O)Nc2cc(C)ccc2OC)c(OC)c1. The third-order valence-corrected chi connectivity index (χ3v) is 5.32. The van der Waals surface area contributed by atoms with E-state index in [-0.39, 0.29) is 11.9 Å². The van der Waals surface area contributed by atoms with Gasteiger partial charge in [0.15, 0.2) is 6.54 Å². The molecule has 28 heavy (non-hydrogen) atoms. The van der Waals surface area contributed by atoms with E-state index < -0.39 is 0 Å². The number of nitrogens with one attached hydrogen (secondary N) is 2. The van der Waals surface area contributed by atoms with E-state index in [0.29, 0.717) is 18.0 Å². The molecule has 0 aliphatic carbocycles. The zero-order chi connectivity index (χ0) is 20.1. The van der Waals surface area contributed by atoms with Gasteiger partial charge in [-0.2, -0.15) is 0 Å². The lowest BCUT2D eigenvalue weighted by Crippen LogP contribution is -3.11. The summed E-state index contributed by atoms with van der Waals surface area (Å²) in [5.41, 5.74) is 2.91. The highest BCUT2D eigenvalue weighted by atomic mass is 16.5. The van der Waals surface area contributed by atoms with E-state index in [9.17, 15) is 4.79 Å². The maximum Gasteiger partial charge on any atom is 0.279 e. The first-order valence-corrected chi connectivity index (χ1v) is 9.56. The summed E-state index contributed by atoms with van der Waals surface area (Å²) in [6, 6.07) is 11.9. The van der Waals surface area contributed by atoms with E-state index in [0.717, 1.165) is 42.0 Å². The van der Waals surface area contributed by atoms with E-state index in [1.165, 1.54) is 4.90 Å². The average molecular weight is 385 g/mol. The second kappa shape index (κ2) is 8.97. The highest BCUT2D eigenvalue weighted by Gasteiger charge is 2.33. The van der Waals surface area contributed by atoms with Gasteiger partial charge in [0.05, 0.1) is 39.1 Å². The summed E-state index contributed by atoms with van der Waals surface area (Å²) in [5, 5.41) is 3.01. The molecule has 2 aromatic carbocycles. The van der Waals surface area contributed by atoms with Crippen molar-refractivity contribution in [1.82, 2.24) is 0 Å². The van der Waals surface area contributed by atoms with Crippen LogP contribution in [0.4, 0.5) is 5.69 Å². The minimum atomic E-state index is -0.0155. The quantitative estimate of drug-likeness (QED) is 0.768. The van der Waals surface area contributed by atoms with Crippen molar-refractivity contribution in [2.45, 2.75) is 25.8 Å². The van der Waals surface area contributed by atoms with Gasteiger partial charge in [-0.3, -0.25) is 4.79 Å². The Labute approximate surface area is 166 Å². The molecule has 2 atom stereocenters. The van der Waals surface area contributed by atoms with Crippen LogP contribution in [0.5, 0.6) is 17.2 Å². The number of carbonyl (C=O) groups is 1. The number of amides is 1. The van der Waals surface area contributed by atoms with Crippen molar-refractivity contribution in [2.75, 3.05) is 39.7 Å². The summed E-state index contributed by atoms with van der Waals surface area (Å²) in [6.45, 7) is 3.35. The van der Waals surface area contributed by atoms with Crippen LogP contribution in [0.15, 0.2) is 36.4 Å². The lowest BCUT2D eigenvalue weighted by Gasteiger charge is -2.23. The van der Waals surface area contributed by atoms with Crippen molar-refractivity contribution in [3.63, 3.8) is 0 Å². The fraction of sp³-hybridized carbons (Fsp3) is 0.409. The number of carbonyl (C=O) groups excluding carboxylic acids is 1. The molecule has 1 saturated heterocycles. The number of hydrogen-bond donors (Lipinski definition) is 2. The van der Waals surface area contributed by atoms with Gasteiger partial charge in [0, 0.05) is 18.9 Å². The molecule has 0 bridgehead atoms. The normalized spacial score (nSPS) is 18.6. The molecule has 150 valence electrons. The van der Waals surface area contributed by atoms with E-state index in [1.807, 2.05) is 37.3 Å². The molecule has 1 aliphatic rings. The van der Waals surface area contributed by atoms with Crippen molar-refractivity contribution in [1.29, 1.82) is 0 Å². The zero-order valence-electron chi connectivity index (χ0n) is 17.0. The fourth-order valence-electron chi connectivity index (χ4n) is 3.93. The molecule has 1 fully saturated rings. The zero-order valence-corrected chi connectivity index (χ0v) is 17.0. The Morgan fingerprint density at radius 2 is 1.86 bits per heavy atom. The van der Waals surface area contributed by atoms with Gasteiger partial charge in [-0.1, -0.05) is 6.07 Å². The van der Waals surface area contributed by atoms with Crippen LogP contribution in [0.1, 0.15) is 30.0 Å². The fourth-order valence-corrected chi connectivity index (χ4v) is 3.93.